The number of hydrogen-bond donors (Lipinski definition) is 2. The van der Waals surface area contributed by atoms with Crippen molar-refractivity contribution in [2.75, 3.05) is 12.0 Å². The molecule has 0 aliphatic rings. The van der Waals surface area contributed by atoms with Gasteiger partial charge in [0.05, 0.1) is 17.3 Å². The Morgan fingerprint density at radius 2 is 2.19 bits per heavy atom. The van der Waals surface area contributed by atoms with Gasteiger partial charge in [-0.2, -0.15) is 4.98 Å². The van der Waals surface area contributed by atoms with Gasteiger partial charge in [-0.3, -0.25) is 5.43 Å². The lowest BCUT2D eigenvalue weighted by Crippen LogP contribution is -2.14. The molecule has 1 heterocycles. The molecule has 0 bridgehead atoms. The Balaban J connectivity index is 2.59. The monoisotopic (exact) mass is 288 g/mol. The van der Waals surface area contributed by atoms with E-state index >= 15 is 0 Å². The van der Waals surface area contributed by atoms with Crippen molar-refractivity contribution in [3.05, 3.63) is 10.7 Å². The third-order valence-electron chi connectivity index (χ3n) is 1.93. The topological polar surface area (TPSA) is 73.1 Å². The third kappa shape index (κ3) is 4.32. The minimum absolute atomic E-state index is 0.244. The van der Waals surface area contributed by atoms with Crippen LogP contribution in [0.4, 0.5) is 5.95 Å². The Morgan fingerprint density at radius 1 is 1.50 bits per heavy atom. The summed E-state index contributed by atoms with van der Waals surface area (Å²) >= 11 is 3.32. The van der Waals surface area contributed by atoms with Crippen LogP contribution in [0.25, 0.3) is 0 Å². The van der Waals surface area contributed by atoms with Crippen LogP contribution in [0.15, 0.2) is 10.7 Å². The van der Waals surface area contributed by atoms with E-state index in [-0.39, 0.29) is 5.41 Å². The van der Waals surface area contributed by atoms with Gasteiger partial charge < -0.3 is 4.74 Å². The Labute approximate surface area is 104 Å². The maximum atomic E-state index is 5.56. The maximum absolute atomic E-state index is 5.56. The first-order valence-electron chi connectivity index (χ1n) is 5.04. The highest BCUT2D eigenvalue weighted by Crippen LogP contribution is 2.24. The van der Waals surface area contributed by atoms with Crippen molar-refractivity contribution >= 4 is 21.9 Å². The molecule has 0 fully saturated rings. The van der Waals surface area contributed by atoms with E-state index in [4.69, 9.17) is 10.6 Å². The second-order valence-corrected chi connectivity index (χ2v) is 5.50. The molecular weight excluding hydrogens is 272 g/mol. The smallest absolute Gasteiger partial charge is 0.240 e. The van der Waals surface area contributed by atoms with Gasteiger partial charge in [0, 0.05) is 0 Å². The Kier molecular flexibility index (Phi) is 4.49. The number of hydrogen-bond acceptors (Lipinski definition) is 5. The highest BCUT2D eigenvalue weighted by molar-refractivity contribution is 9.10. The van der Waals surface area contributed by atoms with Crippen LogP contribution in [-0.4, -0.2) is 16.6 Å². The average Bonchev–Trinajstić information content (AvgIpc) is 2.19. The Hall–Kier alpha value is -0.880. The number of nitrogens with one attached hydrogen (secondary N) is 1. The molecule has 0 aliphatic heterocycles. The number of anilines is 1. The number of ether oxygens (including phenoxy) is 1. The maximum Gasteiger partial charge on any atom is 0.240 e. The lowest BCUT2D eigenvalue weighted by molar-refractivity contribution is 0.235. The molecule has 0 saturated carbocycles. The molecule has 1 rings (SSSR count). The molecule has 0 atom stereocenters. The van der Waals surface area contributed by atoms with E-state index in [0.29, 0.717) is 18.4 Å². The molecule has 3 N–H and O–H groups in total. The standard InChI is InChI=1S/C10H17BrN4O/c1-10(2,3)4-5-16-8-7(11)6-13-9(14-8)15-12/h6H,4-5,12H2,1-3H3,(H,13,14,15). The first-order chi connectivity index (χ1) is 7.42. The molecule has 0 saturated heterocycles. The Morgan fingerprint density at radius 3 is 2.75 bits per heavy atom. The van der Waals surface area contributed by atoms with Crippen molar-refractivity contribution in [1.29, 1.82) is 0 Å². The molecule has 5 nitrogen and oxygen atoms in total. The number of nitrogen functional groups attached to an aromatic ring is 1. The predicted molar refractivity (Wildman–Crippen MR) is 67.1 cm³/mol. The summed E-state index contributed by atoms with van der Waals surface area (Å²) in [6, 6.07) is 0. The number of halogens is 1. The van der Waals surface area contributed by atoms with E-state index in [9.17, 15) is 0 Å². The van der Waals surface area contributed by atoms with E-state index in [1.165, 1.54) is 0 Å². The van der Waals surface area contributed by atoms with Crippen LogP contribution in [0.2, 0.25) is 0 Å². The van der Waals surface area contributed by atoms with Gasteiger partial charge in [0.1, 0.15) is 0 Å². The van der Waals surface area contributed by atoms with E-state index in [0.717, 1.165) is 10.9 Å². The van der Waals surface area contributed by atoms with Crippen LogP contribution >= 0.6 is 15.9 Å². The van der Waals surface area contributed by atoms with Gasteiger partial charge in [0.2, 0.25) is 11.8 Å². The summed E-state index contributed by atoms with van der Waals surface area (Å²) in [5.41, 5.74) is 2.62. The second-order valence-electron chi connectivity index (χ2n) is 4.65. The molecule has 0 aliphatic carbocycles. The van der Waals surface area contributed by atoms with Gasteiger partial charge in [-0.25, -0.2) is 10.8 Å². The molecule has 1 aromatic heterocycles. The Bertz CT molecular complexity index is 351. The van der Waals surface area contributed by atoms with Gasteiger partial charge in [0.25, 0.3) is 0 Å². The van der Waals surface area contributed by atoms with E-state index in [1.54, 1.807) is 6.20 Å². The van der Waals surface area contributed by atoms with Crippen LogP contribution in [0.3, 0.4) is 0 Å². The van der Waals surface area contributed by atoms with Gasteiger partial charge in [-0.1, -0.05) is 20.8 Å². The summed E-state index contributed by atoms with van der Waals surface area (Å²) < 4.78 is 6.28. The molecular formula is C10H17BrN4O. The molecule has 6 heteroatoms. The molecule has 0 radical (unpaired) electrons. The quantitative estimate of drug-likeness (QED) is 0.657. The summed E-state index contributed by atoms with van der Waals surface area (Å²) in [6.07, 6.45) is 2.56. The van der Waals surface area contributed by atoms with Gasteiger partial charge in [-0.15, -0.1) is 0 Å². The third-order valence-corrected chi connectivity index (χ3v) is 2.48. The van der Waals surface area contributed by atoms with Gasteiger partial charge in [0.15, 0.2) is 0 Å². The van der Waals surface area contributed by atoms with E-state index in [2.05, 4.69) is 52.1 Å². The normalized spacial score (nSPS) is 11.3. The minimum atomic E-state index is 0.244. The van der Waals surface area contributed by atoms with Crippen molar-refractivity contribution in [2.24, 2.45) is 11.3 Å². The lowest BCUT2D eigenvalue weighted by atomic mass is 9.93. The second kappa shape index (κ2) is 5.45. The van der Waals surface area contributed by atoms with Gasteiger partial charge >= 0.3 is 0 Å². The van der Waals surface area contributed by atoms with E-state index < -0.39 is 0 Å². The number of rotatable bonds is 4. The number of nitrogens with zero attached hydrogens (tertiary/aromatic N) is 2. The zero-order chi connectivity index (χ0) is 12.2. The summed E-state index contributed by atoms with van der Waals surface area (Å²) in [7, 11) is 0. The zero-order valence-corrected chi connectivity index (χ0v) is 11.3. The largest absolute Gasteiger partial charge is 0.477 e. The first kappa shape index (κ1) is 13.2. The fourth-order valence-electron chi connectivity index (χ4n) is 0.976. The fraction of sp³-hybridized carbons (Fsp3) is 0.600. The van der Waals surface area contributed by atoms with Crippen molar-refractivity contribution in [3.8, 4) is 5.88 Å². The zero-order valence-electron chi connectivity index (χ0n) is 9.75. The number of nitrogens with two attached hydrogens (primary N) is 1. The molecule has 1 aromatic rings. The van der Waals surface area contributed by atoms with Crippen LogP contribution in [0.1, 0.15) is 27.2 Å². The number of hydrazine groups is 1. The summed E-state index contributed by atoms with van der Waals surface area (Å²) in [5.74, 6) is 6.07. The first-order valence-corrected chi connectivity index (χ1v) is 5.83. The minimum Gasteiger partial charge on any atom is -0.477 e. The average molecular weight is 289 g/mol. The summed E-state index contributed by atoms with van der Waals surface area (Å²) in [6.45, 7) is 7.11. The van der Waals surface area contributed by atoms with E-state index in [1.807, 2.05) is 0 Å². The predicted octanol–water partition coefficient (Wildman–Crippen LogP) is 2.34. The van der Waals surface area contributed by atoms with Crippen molar-refractivity contribution in [2.45, 2.75) is 27.2 Å². The lowest BCUT2D eigenvalue weighted by Gasteiger charge is -2.18. The van der Waals surface area contributed by atoms with Crippen LogP contribution in [0.5, 0.6) is 5.88 Å². The van der Waals surface area contributed by atoms with Crippen molar-refractivity contribution < 1.29 is 4.74 Å². The van der Waals surface area contributed by atoms with Crippen molar-refractivity contribution in [1.82, 2.24) is 9.97 Å². The molecule has 16 heavy (non-hydrogen) atoms. The fourth-order valence-corrected chi connectivity index (χ4v) is 1.28. The number of aromatic nitrogens is 2. The molecule has 0 amide bonds. The van der Waals surface area contributed by atoms with Crippen molar-refractivity contribution in [3.63, 3.8) is 0 Å². The highest BCUT2D eigenvalue weighted by Gasteiger charge is 2.11. The molecule has 0 aromatic carbocycles. The molecule has 0 spiro atoms. The van der Waals surface area contributed by atoms with Gasteiger partial charge in [-0.05, 0) is 27.8 Å². The highest BCUT2D eigenvalue weighted by atomic mass is 79.9. The van der Waals surface area contributed by atoms with Crippen LogP contribution < -0.4 is 16.0 Å². The molecule has 90 valence electrons. The summed E-state index contributed by atoms with van der Waals surface area (Å²) in [5, 5.41) is 0. The van der Waals surface area contributed by atoms with Crippen LogP contribution in [0, 0.1) is 5.41 Å². The van der Waals surface area contributed by atoms with Crippen LogP contribution in [-0.2, 0) is 0 Å². The summed E-state index contributed by atoms with van der Waals surface area (Å²) in [4.78, 5) is 8.03. The SMILES string of the molecule is CC(C)(C)CCOc1nc(NN)ncc1Br. The molecule has 0 unspecified atom stereocenters.